The number of aromatic nitrogens is 5. The largest absolute Gasteiger partial charge is 0.439 e. The molecule has 11 heteroatoms. The highest BCUT2D eigenvalue weighted by atomic mass is 16.5. The second-order valence-electron chi connectivity index (χ2n) is 9.82. The fourth-order valence-corrected chi connectivity index (χ4v) is 4.75. The minimum atomic E-state index is -0.217. The molecule has 4 aromatic rings. The van der Waals surface area contributed by atoms with Crippen LogP contribution in [-0.2, 0) is 16.6 Å². The smallest absolute Gasteiger partial charge is 0.274 e. The second-order valence-corrected chi connectivity index (χ2v) is 9.82. The summed E-state index contributed by atoms with van der Waals surface area (Å²) >= 11 is 0. The van der Waals surface area contributed by atoms with Gasteiger partial charge < -0.3 is 24.7 Å². The van der Waals surface area contributed by atoms with E-state index in [1.807, 2.05) is 29.9 Å². The predicted molar refractivity (Wildman–Crippen MR) is 142 cm³/mol. The first-order valence-corrected chi connectivity index (χ1v) is 12.8. The Morgan fingerprint density at radius 1 is 1.16 bits per heavy atom. The molecule has 1 atom stereocenters. The Labute approximate surface area is 218 Å². The molecule has 196 valence electrons. The molecule has 2 fully saturated rings. The van der Waals surface area contributed by atoms with E-state index in [0.29, 0.717) is 52.8 Å². The van der Waals surface area contributed by atoms with Crippen LogP contribution in [0.4, 0.5) is 17.5 Å². The Balaban J connectivity index is 1.29. The zero-order valence-electron chi connectivity index (χ0n) is 21.3. The summed E-state index contributed by atoms with van der Waals surface area (Å²) in [4.78, 5) is 38.2. The Morgan fingerprint density at radius 3 is 2.79 bits per heavy atom. The number of carbonyl (C=O) groups excluding carboxylic acids is 1. The number of nitrogens with one attached hydrogen (secondary N) is 2. The number of nitrogens with zero attached hydrogens (tertiary/aromatic N) is 5. The van der Waals surface area contributed by atoms with Gasteiger partial charge in [0, 0.05) is 45.1 Å². The molecule has 0 radical (unpaired) electrons. The van der Waals surface area contributed by atoms with Crippen LogP contribution in [0.25, 0.3) is 11.2 Å². The van der Waals surface area contributed by atoms with Crippen LogP contribution in [0, 0.1) is 0 Å². The average molecular weight is 516 g/mol. The molecule has 2 aliphatic rings. The van der Waals surface area contributed by atoms with Gasteiger partial charge in [0.1, 0.15) is 22.8 Å². The van der Waals surface area contributed by atoms with Crippen molar-refractivity contribution in [2.75, 3.05) is 23.8 Å². The molecule has 0 aromatic carbocycles. The van der Waals surface area contributed by atoms with E-state index in [4.69, 9.17) is 9.47 Å². The summed E-state index contributed by atoms with van der Waals surface area (Å²) in [6.45, 7) is 2.71. The maximum Gasteiger partial charge on any atom is 0.274 e. The molecule has 4 aromatic heterocycles. The van der Waals surface area contributed by atoms with Crippen molar-refractivity contribution in [3.63, 3.8) is 0 Å². The average Bonchev–Trinajstić information content (AvgIpc) is 3.71. The molecule has 5 heterocycles. The van der Waals surface area contributed by atoms with E-state index in [1.54, 1.807) is 29.0 Å². The number of pyridine rings is 3. The number of hydrogen-bond acceptors (Lipinski definition) is 8. The fourth-order valence-electron chi connectivity index (χ4n) is 4.75. The third-order valence-electron chi connectivity index (χ3n) is 6.84. The summed E-state index contributed by atoms with van der Waals surface area (Å²) in [7, 11) is 1.84. The number of imidazole rings is 1. The maximum atomic E-state index is 13.5. The highest BCUT2D eigenvalue weighted by Gasteiger charge is 2.27. The van der Waals surface area contributed by atoms with Gasteiger partial charge in [-0.25, -0.2) is 9.97 Å². The van der Waals surface area contributed by atoms with Crippen molar-refractivity contribution in [2.24, 2.45) is 7.05 Å². The lowest BCUT2D eigenvalue weighted by atomic mass is 10.1. The van der Waals surface area contributed by atoms with Crippen LogP contribution in [0.3, 0.4) is 0 Å². The summed E-state index contributed by atoms with van der Waals surface area (Å²) < 4.78 is 15.2. The molecule has 1 saturated carbocycles. The van der Waals surface area contributed by atoms with E-state index in [9.17, 15) is 9.59 Å². The maximum absolute atomic E-state index is 13.5. The van der Waals surface area contributed by atoms with Gasteiger partial charge in [0.05, 0.1) is 12.6 Å². The van der Waals surface area contributed by atoms with Crippen LogP contribution in [0.5, 0.6) is 11.6 Å². The van der Waals surface area contributed by atoms with Crippen LogP contribution in [0.15, 0.2) is 47.5 Å². The highest BCUT2D eigenvalue weighted by molar-refractivity contribution is 5.87. The molecule has 0 bridgehead atoms. The van der Waals surface area contributed by atoms with E-state index >= 15 is 0 Å². The lowest BCUT2D eigenvalue weighted by molar-refractivity contribution is -0.114. The van der Waals surface area contributed by atoms with Crippen molar-refractivity contribution < 1.29 is 14.3 Å². The van der Waals surface area contributed by atoms with E-state index in [-0.39, 0.29) is 17.5 Å². The minimum Gasteiger partial charge on any atom is -0.439 e. The van der Waals surface area contributed by atoms with Gasteiger partial charge in [-0.05, 0) is 55.4 Å². The molecule has 1 saturated heterocycles. The van der Waals surface area contributed by atoms with E-state index in [0.717, 1.165) is 32.3 Å². The molecule has 38 heavy (non-hydrogen) atoms. The summed E-state index contributed by atoms with van der Waals surface area (Å²) in [5.74, 6) is 2.03. The van der Waals surface area contributed by atoms with Crippen LogP contribution in [-0.4, -0.2) is 43.2 Å². The van der Waals surface area contributed by atoms with Crippen molar-refractivity contribution in [2.45, 2.75) is 44.6 Å². The van der Waals surface area contributed by atoms with Gasteiger partial charge in [0.25, 0.3) is 5.56 Å². The van der Waals surface area contributed by atoms with Gasteiger partial charge in [-0.3, -0.25) is 14.2 Å². The number of rotatable bonds is 7. The summed E-state index contributed by atoms with van der Waals surface area (Å²) in [5, 5.41) is 5.91. The molecular weight excluding hydrogens is 486 g/mol. The second kappa shape index (κ2) is 9.90. The standard InChI is InChI=1S/C27H29N7O4/c1-16(35)29-23-13-20(9-10-28-23)38-24-8-7-21-25(32-24)33(2)27(30-21)31-22-12-18(17-5-6-17)14-34(26(22)36)19-4-3-11-37-15-19/h7-10,12-14,17,19H,3-6,11,15H2,1-2H3,(H,30,31)(H,28,29,35). The normalized spacial score (nSPS) is 17.4. The minimum absolute atomic E-state index is 0.0386. The number of ether oxygens (including phenoxy) is 2. The third kappa shape index (κ3) is 4.97. The summed E-state index contributed by atoms with van der Waals surface area (Å²) in [6.07, 6.45) is 7.72. The molecule has 6 rings (SSSR count). The lowest BCUT2D eigenvalue weighted by Crippen LogP contribution is -2.31. The van der Waals surface area contributed by atoms with E-state index in [1.165, 1.54) is 12.5 Å². The van der Waals surface area contributed by atoms with Gasteiger partial charge in [0.15, 0.2) is 5.65 Å². The first-order valence-electron chi connectivity index (χ1n) is 12.8. The number of anilines is 3. The Morgan fingerprint density at radius 2 is 2.03 bits per heavy atom. The molecule has 1 aliphatic carbocycles. The number of aryl methyl sites for hydroxylation is 1. The monoisotopic (exact) mass is 515 g/mol. The fraction of sp³-hybridized carbons (Fsp3) is 0.370. The topological polar surface area (TPSA) is 125 Å². The quantitative estimate of drug-likeness (QED) is 0.374. The molecule has 0 spiro atoms. The van der Waals surface area contributed by atoms with Crippen molar-refractivity contribution in [3.8, 4) is 11.6 Å². The van der Waals surface area contributed by atoms with Crippen LogP contribution >= 0.6 is 0 Å². The first kappa shape index (κ1) is 24.1. The van der Waals surface area contributed by atoms with Gasteiger partial charge >= 0.3 is 0 Å². The van der Waals surface area contributed by atoms with Gasteiger partial charge in [-0.15, -0.1) is 0 Å². The van der Waals surface area contributed by atoms with Crippen LogP contribution in [0.2, 0.25) is 0 Å². The van der Waals surface area contributed by atoms with Gasteiger partial charge in [-0.2, -0.15) is 4.98 Å². The highest BCUT2D eigenvalue weighted by Crippen LogP contribution is 2.41. The van der Waals surface area contributed by atoms with E-state index in [2.05, 4.69) is 25.6 Å². The predicted octanol–water partition coefficient (Wildman–Crippen LogP) is 4.25. The van der Waals surface area contributed by atoms with Crippen molar-refractivity contribution in [1.29, 1.82) is 0 Å². The summed E-state index contributed by atoms with van der Waals surface area (Å²) in [6, 6.07) is 8.84. The molecular formula is C27H29N7O4. The van der Waals surface area contributed by atoms with Gasteiger partial charge in [-0.1, -0.05) is 0 Å². The van der Waals surface area contributed by atoms with Crippen LogP contribution in [0.1, 0.15) is 50.1 Å². The Bertz CT molecular complexity index is 1570. The molecule has 1 amide bonds. The SMILES string of the molecule is CC(=O)Nc1cc(Oc2ccc3nc(Nc4cc(C5CC5)cn(C5CCCOC5)c4=O)n(C)c3n2)ccn1. The molecule has 2 N–H and O–H groups in total. The molecule has 1 aliphatic heterocycles. The van der Waals surface area contributed by atoms with Gasteiger partial charge in [0.2, 0.25) is 17.7 Å². The zero-order chi connectivity index (χ0) is 26.2. The zero-order valence-corrected chi connectivity index (χ0v) is 21.3. The van der Waals surface area contributed by atoms with E-state index < -0.39 is 0 Å². The Hall–Kier alpha value is -4.25. The lowest BCUT2D eigenvalue weighted by Gasteiger charge is -2.25. The van der Waals surface area contributed by atoms with Crippen molar-refractivity contribution in [3.05, 3.63) is 58.6 Å². The first-order chi connectivity index (χ1) is 18.4. The van der Waals surface area contributed by atoms with Crippen LogP contribution < -0.4 is 20.9 Å². The third-order valence-corrected chi connectivity index (χ3v) is 6.84. The van der Waals surface area contributed by atoms with Crippen molar-refractivity contribution in [1.82, 2.24) is 24.1 Å². The number of amides is 1. The van der Waals surface area contributed by atoms with Crippen molar-refractivity contribution >= 4 is 34.5 Å². The molecule has 1 unspecified atom stereocenters. The molecule has 11 nitrogen and oxygen atoms in total. The number of carbonyl (C=O) groups is 1. The Kier molecular flexibility index (Phi) is 6.28. The number of fused-ring (bicyclic) bond motifs is 1. The number of hydrogen-bond donors (Lipinski definition) is 2. The summed E-state index contributed by atoms with van der Waals surface area (Å²) in [5.41, 5.74) is 2.84.